The maximum absolute atomic E-state index is 14.7. The first-order valence-corrected chi connectivity index (χ1v) is 28.2. The van der Waals surface area contributed by atoms with Gasteiger partial charge >= 0.3 is 29.6 Å². The molecular formula is C55H73N8NaO21S. The van der Waals surface area contributed by atoms with Crippen molar-refractivity contribution in [2.24, 2.45) is 11.7 Å². The Morgan fingerprint density at radius 2 is 1.38 bits per heavy atom. The van der Waals surface area contributed by atoms with Gasteiger partial charge in [0.1, 0.15) is 54.6 Å². The molecule has 3 aliphatic heterocycles. The van der Waals surface area contributed by atoms with Crippen LogP contribution in [0.3, 0.4) is 0 Å². The summed E-state index contributed by atoms with van der Waals surface area (Å²) in [6.07, 6.45) is -12.9. The Bertz CT molecular complexity index is 2830. The van der Waals surface area contributed by atoms with E-state index in [1.807, 2.05) is 29.6 Å². The van der Waals surface area contributed by atoms with Gasteiger partial charge in [-0.3, -0.25) is 43.4 Å². The number of nitrogens with two attached hydrogens (primary N) is 1. The van der Waals surface area contributed by atoms with Gasteiger partial charge in [0.25, 0.3) is 18.2 Å². The predicted molar refractivity (Wildman–Crippen MR) is 294 cm³/mol. The molecule has 8 amide bonds. The van der Waals surface area contributed by atoms with Crippen molar-refractivity contribution in [2.75, 3.05) is 13.1 Å². The smallest absolute Gasteiger partial charge is 0.691 e. The van der Waals surface area contributed by atoms with Crippen molar-refractivity contribution < 1.29 is 133 Å². The third-order valence-electron chi connectivity index (χ3n) is 15.1. The maximum atomic E-state index is 14.7. The number of hydrogen-bond donors (Lipinski definition) is 15. The van der Waals surface area contributed by atoms with E-state index in [-0.39, 0.29) is 53.0 Å². The molecule has 3 fully saturated rings. The van der Waals surface area contributed by atoms with Crippen molar-refractivity contribution in [3.05, 3.63) is 83.4 Å². The number of carbonyl (C=O) groups is 8. The number of nitrogens with one attached hydrogen (secondary N) is 5. The van der Waals surface area contributed by atoms with E-state index in [4.69, 9.17) is 9.92 Å². The number of aliphatic hydroxyl groups is 8. The molecule has 6 rings (SSSR count). The third-order valence-corrected chi connectivity index (χ3v) is 15.4. The standard InChI is InChI=1S/C55H74N8O21S.Na/c1-4-5-6-7-8-9-28-10-12-29(13-11-28)30-14-16-31(17-15-30)48(73)57-34-22-38(68)51(76)61-53(78)44-45(70)26(2)24-63(44)55(80)42(37(67)23-40(56)69)59-52(77)43(47(72)46(71)32-18-19-36(66)39(20-32)82-85-84-83-81)60-50(75)35-21-33(65)25-62(35)54(79)41(27(3)64)58-49(34)74;/h10-20,26-27,33-35,37-38,41-47,51,64-68,70-72,76,81H,4-9,21-25H2,1-3H3,(H2,56,69)(H,57,73)(H,58,74)(H,59,77)(H,60,75)(H,61,78);/q;+1/p-1/t26?,27?,33?,34-,35?,37?,38?,41?,42?,43?,44?,45?,46?,47?,51?;/m0./s1. The van der Waals surface area contributed by atoms with Gasteiger partial charge in [-0.05, 0) is 66.3 Å². The molecule has 0 bridgehead atoms. The van der Waals surface area contributed by atoms with Crippen LogP contribution in [0, 0.1) is 5.92 Å². The van der Waals surface area contributed by atoms with E-state index in [0.29, 0.717) is 9.80 Å². The number of phenolic OH excluding ortho intramolecular Hbond substituents is 1. The van der Waals surface area contributed by atoms with Crippen LogP contribution >= 0.6 is 12.3 Å². The number of rotatable bonds is 20. The summed E-state index contributed by atoms with van der Waals surface area (Å²) in [6.45, 7) is 3.40. The summed E-state index contributed by atoms with van der Waals surface area (Å²) < 4.78 is 9.03. The number of benzene rings is 3. The minimum atomic E-state index is -2.56. The number of phenols is 1. The van der Waals surface area contributed by atoms with Crippen LogP contribution in [0.2, 0.25) is 0 Å². The van der Waals surface area contributed by atoms with E-state index >= 15 is 0 Å². The van der Waals surface area contributed by atoms with E-state index in [0.717, 1.165) is 67.5 Å². The van der Waals surface area contributed by atoms with Crippen LogP contribution in [0.1, 0.15) is 99.7 Å². The number of nitrogens with zero attached hydrogens (tertiary/aromatic N) is 2. The van der Waals surface area contributed by atoms with Gasteiger partial charge in [0.2, 0.25) is 41.4 Å². The summed E-state index contributed by atoms with van der Waals surface area (Å²) >= 11 is -0.0930. The minimum absolute atomic E-state index is 0. The Labute approximate surface area is 520 Å². The molecule has 29 nitrogen and oxygen atoms in total. The van der Waals surface area contributed by atoms with E-state index < -0.39 is 182 Å². The Morgan fingerprint density at radius 3 is 2.01 bits per heavy atom. The van der Waals surface area contributed by atoms with E-state index in [1.54, 1.807) is 12.1 Å². The molecule has 3 aliphatic rings. The fourth-order valence-electron chi connectivity index (χ4n) is 10.3. The predicted octanol–water partition coefficient (Wildman–Crippen LogP) is -6.63. The number of carbonyl (C=O) groups excluding carboxylic acids is 8. The molecule has 86 heavy (non-hydrogen) atoms. The number of amides is 8. The van der Waals surface area contributed by atoms with Gasteiger partial charge in [0.15, 0.2) is 17.7 Å². The van der Waals surface area contributed by atoms with Crippen LogP contribution in [0.5, 0.6) is 11.5 Å². The van der Waals surface area contributed by atoms with E-state index in [1.165, 1.54) is 31.9 Å². The SMILES string of the molecule is CCCCCCCc1ccc(-c2ccc(C(=O)N[C@H]3CC(O)C(O)NC(=O)C4C(O)C(C)CN4C(=O)C(C(O)CC(N)=O)NC(=O)C(C(O)C(O)c4ccc(O)c(OSOO[O-])c4)NC(=O)C4CC(O)CN4C(=O)C(C(C)O)NC3=O)cc2)cc1.[Na+]. The molecule has 31 heteroatoms. The molecule has 466 valence electrons. The fourth-order valence-corrected chi connectivity index (χ4v) is 10.6. The number of fused-ring (bicyclic) bond motifs is 2. The van der Waals surface area contributed by atoms with Gasteiger partial charge in [-0.2, -0.15) is 0 Å². The molecule has 16 N–H and O–H groups in total. The first kappa shape index (κ1) is 70.7. The molecule has 0 aromatic heterocycles. The molecule has 3 aromatic carbocycles. The van der Waals surface area contributed by atoms with E-state index in [2.05, 4.69) is 37.6 Å². The largest absolute Gasteiger partial charge is 1.00 e. The van der Waals surface area contributed by atoms with Gasteiger partial charge in [0.05, 0.1) is 30.8 Å². The molecule has 0 radical (unpaired) electrons. The number of unbranched alkanes of at least 4 members (excludes halogenated alkanes) is 4. The summed E-state index contributed by atoms with van der Waals surface area (Å²) in [7, 11) is 0. The summed E-state index contributed by atoms with van der Waals surface area (Å²) in [6, 6.07) is 4.23. The van der Waals surface area contributed by atoms with Gasteiger partial charge in [0, 0.05) is 37.4 Å². The topological polar surface area (TPSA) is 462 Å². The monoisotopic (exact) mass is 1240 g/mol. The van der Waals surface area contributed by atoms with Crippen LogP contribution in [0.25, 0.3) is 11.1 Å². The van der Waals surface area contributed by atoms with Crippen molar-refractivity contribution >= 4 is 59.6 Å². The number of aliphatic hydroxyl groups excluding tert-OH is 8. The molecule has 14 unspecified atom stereocenters. The second-order valence-electron chi connectivity index (χ2n) is 21.4. The molecular weight excluding hydrogens is 1160 g/mol. The molecule has 3 aromatic rings. The zero-order valence-corrected chi connectivity index (χ0v) is 50.4. The quantitative estimate of drug-likeness (QED) is 0.0164. The molecule has 3 saturated heterocycles. The maximum Gasteiger partial charge on any atom is 1.00 e. The van der Waals surface area contributed by atoms with Crippen LogP contribution in [-0.2, 0) is 49.4 Å². The average Bonchev–Trinajstić information content (AvgIpc) is 2.05. The van der Waals surface area contributed by atoms with Crippen LogP contribution < -0.4 is 71.3 Å². The molecule has 0 spiro atoms. The van der Waals surface area contributed by atoms with Crippen molar-refractivity contribution in [3.63, 3.8) is 0 Å². The molecule has 15 atom stereocenters. The summed E-state index contributed by atoms with van der Waals surface area (Å²) in [5.41, 5.74) is 7.71. The van der Waals surface area contributed by atoms with Gasteiger partial charge in [-0.1, -0.05) is 82.0 Å². The summed E-state index contributed by atoms with van der Waals surface area (Å²) in [4.78, 5) is 115. The van der Waals surface area contributed by atoms with Gasteiger partial charge in [-0.15, -0.1) is 4.33 Å². The first-order valence-electron chi connectivity index (χ1n) is 27.5. The molecule has 3 heterocycles. The second kappa shape index (κ2) is 32.8. The minimum Gasteiger partial charge on any atom is -0.691 e. The Morgan fingerprint density at radius 1 is 0.767 bits per heavy atom. The third kappa shape index (κ3) is 18.3. The first-order chi connectivity index (χ1) is 40.3. The van der Waals surface area contributed by atoms with Crippen LogP contribution in [0.15, 0.2) is 66.7 Å². The zero-order valence-electron chi connectivity index (χ0n) is 47.6. The van der Waals surface area contributed by atoms with E-state index in [9.17, 15) is 89.6 Å². The Hall–Kier alpha value is -6.07. The van der Waals surface area contributed by atoms with Crippen molar-refractivity contribution in [1.29, 1.82) is 0 Å². The van der Waals surface area contributed by atoms with Crippen molar-refractivity contribution in [3.8, 4) is 22.6 Å². The molecule has 0 saturated carbocycles. The fraction of sp³-hybridized carbons (Fsp3) is 0.527. The number of primary amides is 1. The Balaban J connectivity index is 0.0000135. The Kier molecular flexibility index (Phi) is 26.9. The zero-order chi connectivity index (χ0) is 62.4. The van der Waals surface area contributed by atoms with Crippen molar-refractivity contribution in [2.45, 2.75) is 164 Å². The van der Waals surface area contributed by atoms with Crippen LogP contribution in [-0.4, -0.2) is 195 Å². The number of aromatic hydroxyl groups is 1. The summed E-state index contributed by atoms with van der Waals surface area (Å²) in [5, 5.41) is 126. The van der Waals surface area contributed by atoms with Gasteiger partial charge < -0.3 is 97.5 Å². The number of hydrogen-bond acceptors (Lipinski definition) is 22. The van der Waals surface area contributed by atoms with Gasteiger partial charge in [-0.25, -0.2) is 0 Å². The average molecular weight is 1240 g/mol. The normalized spacial score (nSPS) is 26.7. The van der Waals surface area contributed by atoms with Crippen LogP contribution in [0.4, 0.5) is 0 Å². The second-order valence-corrected chi connectivity index (χ2v) is 21.8. The van der Waals surface area contributed by atoms with Crippen molar-refractivity contribution in [1.82, 2.24) is 36.4 Å². The number of aryl methyl sites for hydroxylation is 1. The molecule has 0 aliphatic carbocycles. The summed E-state index contributed by atoms with van der Waals surface area (Å²) in [5.74, 6) is -12.6.